The van der Waals surface area contributed by atoms with Crippen molar-refractivity contribution < 1.29 is 23.9 Å². The second-order valence-electron chi connectivity index (χ2n) is 6.22. The third-order valence-corrected chi connectivity index (χ3v) is 4.14. The molecule has 0 N–H and O–H groups in total. The van der Waals surface area contributed by atoms with E-state index in [0.29, 0.717) is 16.9 Å². The SMILES string of the molecule is Cc1cc(C)n2nc(C(=O)OCc3cc([N+](=O)[O-])cc4c3OCOC4)nc2n1. The van der Waals surface area contributed by atoms with Crippen LogP contribution in [0, 0.1) is 24.0 Å². The molecular weight excluding hydrogens is 370 g/mol. The Morgan fingerprint density at radius 1 is 1.32 bits per heavy atom. The van der Waals surface area contributed by atoms with E-state index >= 15 is 0 Å². The number of rotatable bonds is 4. The Labute approximate surface area is 158 Å². The summed E-state index contributed by atoms with van der Waals surface area (Å²) in [6.07, 6.45) is 0. The van der Waals surface area contributed by atoms with E-state index in [2.05, 4.69) is 15.1 Å². The number of carbonyl (C=O) groups is 1. The van der Waals surface area contributed by atoms with Gasteiger partial charge in [0.15, 0.2) is 6.79 Å². The van der Waals surface area contributed by atoms with Crippen LogP contribution in [-0.4, -0.2) is 37.3 Å². The molecule has 2 aromatic heterocycles. The van der Waals surface area contributed by atoms with Crippen LogP contribution in [0.1, 0.15) is 33.1 Å². The van der Waals surface area contributed by atoms with Gasteiger partial charge >= 0.3 is 5.97 Å². The number of hydrogen-bond acceptors (Lipinski definition) is 9. The van der Waals surface area contributed by atoms with Gasteiger partial charge in [-0.05, 0) is 19.9 Å². The lowest BCUT2D eigenvalue weighted by Crippen LogP contribution is -2.15. The van der Waals surface area contributed by atoms with Gasteiger partial charge in [0.25, 0.3) is 17.3 Å². The summed E-state index contributed by atoms with van der Waals surface area (Å²) in [7, 11) is 0. The minimum atomic E-state index is -0.769. The van der Waals surface area contributed by atoms with Gasteiger partial charge in [0.1, 0.15) is 12.4 Å². The molecule has 0 saturated carbocycles. The molecule has 1 aromatic carbocycles. The first-order valence-corrected chi connectivity index (χ1v) is 8.31. The fourth-order valence-corrected chi connectivity index (χ4v) is 2.95. The number of nitro benzene ring substituents is 1. The van der Waals surface area contributed by atoms with Crippen LogP contribution in [0.25, 0.3) is 5.78 Å². The topological polar surface area (TPSA) is 131 Å². The number of benzene rings is 1. The molecular formula is C17H15N5O6. The Morgan fingerprint density at radius 2 is 2.14 bits per heavy atom. The number of ether oxygens (including phenoxy) is 3. The highest BCUT2D eigenvalue weighted by Gasteiger charge is 2.23. The molecule has 28 heavy (non-hydrogen) atoms. The van der Waals surface area contributed by atoms with Crippen LogP contribution in [0.5, 0.6) is 5.75 Å². The summed E-state index contributed by atoms with van der Waals surface area (Å²) in [4.78, 5) is 31.3. The summed E-state index contributed by atoms with van der Waals surface area (Å²) < 4.78 is 17.3. The Kier molecular flexibility index (Phi) is 4.35. The molecule has 0 unspecified atom stereocenters. The van der Waals surface area contributed by atoms with Crippen LogP contribution in [0.4, 0.5) is 5.69 Å². The van der Waals surface area contributed by atoms with Crippen LogP contribution in [0.2, 0.25) is 0 Å². The number of hydrogen-bond donors (Lipinski definition) is 0. The van der Waals surface area contributed by atoms with Gasteiger partial charge in [-0.3, -0.25) is 10.1 Å². The molecule has 0 atom stereocenters. The monoisotopic (exact) mass is 385 g/mol. The third-order valence-electron chi connectivity index (χ3n) is 4.14. The van der Waals surface area contributed by atoms with Crippen molar-refractivity contribution in [3.05, 3.63) is 56.7 Å². The average molecular weight is 385 g/mol. The van der Waals surface area contributed by atoms with Crippen molar-refractivity contribution >= 4 is 17.4 Å². The quantitative estimate of drug-likeness (QED) is 0.375. The number of nitrogens with zero attached hydrogens (tertiary/aromatic N) is 5. The maximum absolute atomic E-state index is 12.4. The van der Waals surface area contributed by atoms with E-state index in [9.17, 15) is 14.9 Å². The molecule has 3 aromatic rings. The lowest BCUT2D eigenvalue weighted by atomic mass is 10.1. The van der Waals surface area contributed by atoms with E-state index in [1.165, 1.54) is 16.6 Å². The number of esters is 1. The van der Waals surface area contributed by atoms with Gasteiger partial charge < -0.3 is 14.2 Å². The van der Waals surface area contributed by atoms with Crippen LogP contribution in [-0.2, 0) is 22.7 Å². The Morgan fingerprint density at radius 3 is 2.93 bits per heavy atom. The highest BCUT2D eigenvalue weighted by atomic mass is 16.7. The first kappa shape index (κ1) is 17.8. The molecule has 0 spiro atoms. The van der Waals surface area contributed by atoms with Gasteiger partial charge in [-0.1, -0.05) is 0 Å². The van der Waals surface area contributed by atoms with E-state index in [1.807, 2.05) is 19.9 Å². The summed E-state index contributed by atoms with van der Waals surface area (Å²) in [5.41, 5.74) is 2.28. The molecule has 0 radical (unpaired) electrons. The Balaban J connectivity index is 1.59. The van der Waals surface area contributed by atoms with Crippen molar-refractivity contribution in [3.8, 4) is 5.75 Å². The van der Waals surface area contributed by atoms with Crippen molar-refractivity contribution in [1.29, 1.82) is 0 Å². The van der Waals surface area contributed by atoms with E-state index in [4.69, 9.17) is 14.2 Å². The maximum Gasteiger partial charge on any atom is 0.378 e. The third kappa shape index (κ3) is 3.22. The number of non-ortho nitro benzene ring substituents is 1. The lowest BCUT2D eigenvalue weighted by Gasteiger charge is -2.20. The molecule has 1 aliphatic rings. The second kappa shape index (κ2) is 6.85. The zero-order chi connectivity index (χ0) is 19.8. The van der Waals surface area contributed by atoms with Gasteiger partial charge in [0.2, 0.25) is 0 Å². The first-order chi connectivity index (χ1) is 13.4. The van der Waals surface area contributed by atoms with Gasteiger partial charge in [0.05, 0.1) is 11.5 Å². The van der Waals surface area contributed by atoms with Gasteiger partial charge in [-0.15, -0.1) is 5.10 Å². The maximum atomic E-state index is 12.4. The van der Waals surface area contributed by atoms with Crippen LogP contribution < -0.4 is 4.74 Å². The number of aromatic nitrogens is 4. The average Bonchev–Trinajstić information content (AvgIpc) is 3.10. The molecule has 0 fully saturated rings. The second-order valence-corrected chi connectivity index (χ2v) is 6.22. The molecule has 11 heteroatoms. The number of fused-ring (bicyclic) bond motifs is 2. The minimum absolute atomic E-state index is 0.0179. The molecule has 1 aliphatic heterocycles. The molecule has 0 amide bonds. The predicted molar refractivity (Wildman–Crippen MR) is 92.8 cm³/mol. The van der Waals surface area contributed by atoms with E-state index < -0.39 is 10.9 Å². The van der Waals surface area contributed by atoms with Crippen molar-refractivity contribution in [1.82, 2.24) is 19.6 Å². The van der Waals surface area contributed by atoms with Gasteiger partial charge in [-0.2, -0.15) is 4.98 Å². The largest absolute Gasteiger partial charge is 0.467 e. The smallest absolute Gasteiger partial charge is 0.378 e. The molecule has 0 saturated heterocycles. The van der Waals surface area contributed by atoms with Gasteiger partial charge in [0, 0.05) is 34.6 Å². The van der Waals surface area contributed by atoms with Crippen molar-refractivity contribution in [3.63, 3.8) is 0 Å². The highest BCUT2D eigenvalue weighted by molar-refractivity contribution is 5.85. The van der Waals surface area contributed by atoms with Crippen molar-refractivity contribution in [2.24, 2.45) is 0 Å². The first-order valence-electron chi connectivity index (χ1n) is 8.31. The van der Waals surface area contributed by atoms with E-state index in [-0.39, 0.29) is 37.3 Å². The van der Waals surface area contributed by atoms with Gasteiger partial charge in [-0.25, -0.2) is 14.3 Å². The van der Waals surface area contributed by atoms with Crippen LogP contribution in [0.15, 0.2) is 18.2 Å². The van der Waals surface area contributed by atoms with Crippen molar-refractivity contribution in [2.75, 3.05) is 6.79 Å². The number of aryl methyl sites for hydroxylation is 2. The standard InChI is InChI=1S/C17H15N5O6/c1-9-3-10(2)21-17(18-9)19-15(20-21)16(23)27-7-12-5-13(22(24)25)4-11-6-26-8-28-14(11)12/h3-5H,6-8H2,1-2H3. The normalized spacial score (nSPS) is 13.1. The predicted octanol–water partition coefficient (Wildman–Crippen LogP) is 1.87. The van der Waals surface area contributed by atoms with Crippen LogP contribution in [0.3, 0.4) is 0 Å². The van der Waals surface area contributed by atoms with E-state index in [0.717, 1.165) is 11.4 Å². The summed E-state index contributed by atoms with van der Waals surface area (Å²) in [6, 6.07) is 4.50. The molecule has 0 aliphatic carbocycles. The van der Waals surface area contributed by atoms with Crippen molar-refractivity contribution in [2.45, 2.75) is 27.1 Å². The lowest BCUT2D eigenvalue weighted by molar-refractivity contribution is -0.385. The zero-order valence-corrected chi connectivity index (χ0v) is 15.0. The summed E-state index contributed by atoms with van der Waals surface area (Å²) in [6.45, 7) is 3.60. The molecule has 3 heterocycles. The highest BCUT2D eigenvalue weighted by Crippen LogP contribution is 2.33. The molecule has 144 valence electrons. The van der Waals surface area contributed by atoms with E-state index in [1.54, 1.807) is 0 Å². The molecule has 11 nitrogen and oxygen atoms in total. The summed E-state index contributed by atoms with van der Waals surface area (Å²) >= 11 is 0. The molecule has 0 bridgehead atoms. The Bertz CT molecular complexity index is 1110. The summed E-state index contributed by atoms with van der Waals surface area (Å²) in [5, 5.41) is 15.3. The fraction of sp³-hybridized carbons (Fsp3) is 0.294. The Hall–Kier alpha value is -3.60. The fourth-order valence-electron chi connectivity index (χ4n) is 2.95. The van der Waals surface area contributed by atoms with Crippen LogP contribution >= 0.6 is 0 Å². The zero-order valence-electron chi connectivity index (χ0n) is 15.0. The number of nitro groups is 1. The number of carbonyl (C=O) groups excluding carboxylic acids is 1. The summed E-state index contributed by atoms with van der Waals surface area (Å²) in [5.74, 6) is -0.210. The minimum Gasteiger partial charge on any atom is -0.467 e. The molecule has 4 rings (SSSR count).